The van der Waals surface area contributed by atoms with Crippen LogP contribution in [0.2, 0.25) is 5.02 Å². The number of alkyl halides is 3. The first-order valence-corrected chi connectivity index (χ1v) is 6.65. The van der Waals surface area contributed by atoms with Crippen LogP contribution in [0, 0.1) is 0 Å². The first-order chi connectivity index (χ1) is 10.8. The number of phenols is 1. The van der Waals surface area contributed by atoms with E-state index in [1.54, 1.807) is 0 Å². The van der Waals surface area contributed by atoms with Crippen molar-refractivity contribution in [2.45, 2.75) is 6.18 Å². The molecule has 0 saturated heterocycles. The molecule has 2 rings (SSSR count). The Hall–Kier alpha value is -2.54. The van der Waals surface area contributed by atoms with Crippen LogP contribution in [0.1, 0.15) is 21.5 Å². The van der Waals surface area contributed by atoms with E-state index in [2.05, 4.69) is 10.5 Å². The van der Waals surface area contributed by atoms with Gasteiger partial charge >= 0.3 is 6.18 Å². The maximum atomic E-state index is 12.7. The highest BCUT2D eigenvalue weighted by atomic mass is 35.5. The van der Waals surface area contributed by atoms with E-state index < -0.39 is 22.7 Å². The molecule has 4 nitrogen and oxygen atoms in total. The van der Waals surface area contributed by atoms with E-state index in [4.69, 9.17) is 16.7 Å². The fourth-order valence-electron chi connectivity index (χ4n) is 1.71. The summed E-state index contributed by atoms with van der Waals surface area (Å²) in [5.74, 6) is -0.579. The number of aromatic hydroxyl groups is 1. The molecule has 0 heterocycles. The molecule has 0 unspecified atom stereocenters. The van der Waals surface area contributed by atoms with Crippen molar-refractivity contribution in [2.75, 3.05) is 0 Å². The molecule has 23 heavy (non-hydrogen) atoms. The molecule has 2 aromatic rings. The molecule has 0 aliphatic heterocycles. The largest absolute Gasteiger partial charge is 0.508 e. The summed E-state index contributed by atoms with van der Waals surface area (Å²) in [6.07, 6.45) is -3.55. The molecule has 0 atom stereocenters. The van der Waals surface area contributed by atoms with Gasteiger partial charge in [0.2, 0.25) is 0 Å². The highest BCUT2D eigenvalue weighted by Crippen LogP contribution is 2.35. The molecule has 2 N–H and O–H groups in total. The Bertz CT molecular complexity index is 743. The molecule has 0 spiro atoms. The first kappa shape index (κ1) is 16.8. The summed E-state index contributed by atoms with van der Waals surface area (Å²) in [6.45, 7) is 0. The summed E-state index contributed by atoms with van der Waals surface area (Å²) >= 11 is 5.69. The fourth-order valence-corrected chi connectivity index (χ4v) is 1.99. The zero-order valence-electron chi connectivity index (χ0n) is 11.4. The highest BCUT2D eigenvalue weighted by molar-refractivity contribution is 6.34. The van der Waals surface area contributed by atoms with Gasteiger partial charge < -0.3 is 5.11 Å². The van der Waals surface area contributed by atoms with Gasteiger partial charge in [0.15, 0.2) is 0 Å². The standard InChI is InChI=1S/C15H10ClF3N2O2/c16-13-10(2-1-3-12(13)15(17,18)19)8-20-21-14(23)9-4-6-11(22)7-5-9/h1-8,22H,(H,21,23). The molecular formula is C15H10ClF3N2O2. The number of halogens is 4. The van der Waals surface area contributed by atoms with Gasteiger partial charge in [-0.15, -0.1) is 0 Å². The topological polar surface area (TPSA) is 61.7 Å². The average Bonchev–Trinajstić information content (AvgIpc) is 2.48. The number of nitrogens with zero attached hydrogens (tertiary/aromatic N) is 1. The lowest BCUT2D eigenvalue weighted by Crippen LogP contribution is -2.17. The van der Waals surface area contributed by atoms with Gasteiger partial charge in [-0.25, -0.2) is 5.43 Å². The van der Waals surface area contributed by atoms with E-state index in [0.717, 1.165) is 12.3 Å². The van der Waals surface area contributed by atoms with Crippen molar-refractivity contribution in [2.24, 2.45) is 5.10 Å². The monoisotopic (exact) mass is 342 g/mol. The van der Waals surface area contributed by atoms with Crippen LogP contribution in [-0.4, -0.2) is 17.2 Å². The lowest BCUT2D eigenvalue weighted by molar-refractivity contribution is -0.137. The van der Waals surface area contributed by atoms with Crippen molar-refractivity contribution < 1.29 is 23.1 Å². The Labute approximate surface area is 134 Å². The predicted octanol–water partition coefficient (Wildman–Crippen LogP) is 3.83. The van der Waals surface area contributed by atoms with Crippen molar-refractivity contribution in [1.82, 2.24) is 5.43 Å². The van der Waals surface area contributed by atoms with Crippen LogP contribution in [0.5, 0.6) is 5.75 Å². The number of nitrogens with one attached hydrogen (secondary N) is 1. The van der Waals surface area contributed by atoms with Crippen LogP contribution in [0.4, 0.5) is 13.2 Å². The van der Waals surface area contributed by atoms with Gasteiger partial charge in [0, 0.05) is 11.1 Å². The maximum absolute atomic E-state index is 12.7. The van der Waals surface area contributed by atoms with Gasteiger partial charge in [-0.2, -0.15) is 18.3 Å². The third-order valence-electron chi connectivity index (χ3n) is 2.83. The second-order valence-electron chi connectivity index (χ2n) is 4.45. The van der Waals surface area contributed by atoms with Gasteiger partial charge in [0.25, 0.3) is 5.91 Å². The summed E-state index contributed by atoms with van der Waals surface area (Å²) in [5, 5.41) is 12.2. The number of hydrogen-bond donors (Lipinski definition) is 2. The van der Waals surface area contributed by atoms with Gasteiger partial charge in [-0.05, 0) is 30.3 Å². The normalized spacial score (nSPS) is 11.7. The Balaban J connectivity index is 2.12. The third-order valence-corrected chi connectivity index (χ3v) is 3.26. The zero-order valence-corrected chi connectivity index (χ0v) is 12.2. The average molecular weight is 343 g/mol. The molecule has 0 aliphatic rings. The number of phenolic OH excluding ortho intramolecular Hbond substituents is 1. The number of rotatable bonds is 3. The van der Waals surface area contributed by atoms with Crippen molar-refractivity contribution >= 4 is 23.7 Å². The van der Waals surface area contributed by atoms with Crippen LogP contribution >= 0.6 is 11.6 Å². The molecule has 0 aliphatic carbocycles. The molecule has 0 radical (unpaired) electrons. The van der Waals surface area contributed by atoms with E-state index in [9.17, 15) is 18.0 Å². The number of hydrogen-bond acceptors (Lipinski definition) is 3. The van der Waals surface area contributed by atoms with Gasteiger partial charge in [0.1, 0.15) is 5.75 Å². The minimum absolute atomic E-state index is 0.000740. The Morgan fingerprint density at radius 1 is 1.17 bits per heavy atom. The van der Waals surface area contributed by atoms with Gasteiger partial charge in [0.05, 0.1) is 16.8 Å². The molecule has 8 heteroatoms. The van der Waals surface area contributed by atoms with Crippen molar-refractivity contribution in [1.29, 1.82) is 0 Å². The number of carbonyl (C=O) groups excluding carboxylic acids is 1. The zero-order chi connectivity index (χ0) is 17.0. The van der Waals surface area contributed by atoms with Gasteiger partial charge in [-0.3, -0.25) is 4.79 Å². The number of amides is 1. The molecule has 0 fully saturated rings. The lowest BCUT2D eigenvalue weighted by Gasteiger charge is -2.10. The minimum atomic E-state index is -4.57. The van der Waals surface area contributed by atoms with Crippen molar-refractivity contribution in [3.8, 4) is 5.75 Å². The van der Waals surface area contributed by atoms with Crippen LogP contribution in [0.3, 0.4) is 0 Å². The molecule has 120 valence electrons. The smallest absolute Gasteiger partial charge is 0.417 e. The number of carbonyl (C=O) groups is 1. The van der Waals surface area contributed by atoms with Crippen LogP contribution in [-0.2, 0) is 6.18 Å². The summed E-state index contributed by atoms with van der Waals surface area (Å²) in [5.41, 5.74) is 1.43. The molecule has 0 aromatic heterocycles. The van der Waals surface area contributed by atoms with Crippen molar-refractivity contribution in [3.63, 3.8) is 0 Å². The third kappa shape index (κ3) is 4.23. The van der Waals surface area contributed by atoms with E-state index in [-0.39, 0.29) is 16.9 Å². The second kappa shape index (κ2) is 6.70. The molecule has 2 aromatic carbocycles. The molecular weight excluding hydrogens is 333 g/mol. The predicted molar refractivity (Wildman–Crippen MR) is 79.6 cm³/mol. The quantitative estimate of drug-likeness (QED) is 0.658. The first-order valence-electron chi connectivity index (χ1n) is 6.27. The van der Waals surface area contributed by atoms with Crippen molar-refractivity contribution in [3.05, 3.63) is 64.2 Å². The summed E-state index contributed by atoms with van der Waals surface area (Å²) in [6, 6.07) is 8.78. The Morgan fingerprint density at radius 3 is 2.43 bits per heavy atom. The van der Waals surface area contributed by atoms with Crippen LogP contribution in [0.15, 0.2) is 47.6 Å². The molecule has 0 bridgehead atoms. The number of hydrazone groups is 1. The second-order valence-corrected chi connectivity index (χ2v) is 4.83. The Morgan fingerprint density at radius 2 is 1.83 bits per heavy atom. The lowest BCUT2D eigenvalue weighted by atomic mass is 10.1. The number of benzene rings is 2. The van der Waals surface area contributed by atoms with Crippen LogP contribution < -0.4 is 5.43 Å². The highest BCUT2D eigenvalue weighted by Gasteiger charge is 2.33. The molecule has 0 saturated carbocycles. The summed E-state index contributed by atoms with van der Waals surface area (Å²) in [7, 11) is 0. The maximum Gasteiger partial charge on any atom is 0.417 e. The summed E-state index contributed by atoms with van der Waals surface area (Å²) in [4.78, 5) is 11.7. The fraction of sp³-hybridized carbons (Fsp3) is 0.0667. The Kier molecular flexibility index (Phi) is 4.90. The van der Waals surface area contributed by atoms with E-state index >= 15 is 0 Å². The van der Waals surface area contributed by atoms with E-state index in [1.165, 1.54) is 36.4 Å². The van der Waals surface area contributed by atoms with E-state index in [0.29, 0.717) is 0 Å². The molecule has 1 amide bonds. The van der Waals surface area contributed by atoms with Gasteiger partial charge in [-0.1, -0.05) is 23.7 Å². The minimum Gasteiger partial charge on any atom is -0.508 e. The van der Waals surface area contributed by atoms with Crippen LogP contribution in [0.25, 0.3) is 0 Å². The SMILES string of the molecule is O=C(NN=Cc1cccc(C(F)(F)F)c1Cl)c1ccc(O)cc1. The summed E-state index contributed by atoms with van der Waals surface area (Å²) < 4.78 is 38.1. The van der Waals surface area contributed by atoms with E-state index in [1.807, 2.05) is 0 Å².